The van der Waals surface area contributed by atoms with E-state index in [1.54, 1.807) is 36.8 Å². The zero-order chi connectivity index (χ0) is 24.2. The maximum atomic E-state index is 14.0. The van der Waals surface area contributed by atoms with Gasteiger partial charge >= 0.3 is 0 Å². The first kappa shape index (κ1) is 23.5. The van der Waals surface area contributed by atoms with Crippen LogP contribution in [-0.2, 0) is 0 Å². The molecule has 2 N–H and O–H groups in total. The second-order valence-corrected chi connectivity index (χ2v) is 8.30. The number of hydrogen-bond acceptors (Lipinski definition) is 6. The third kappa shape index (κ3) is 5.13. The molecule has 0 bridgehead atoms. The van der Waals surface area contributed by atoms with Gasteiger partial charge in [-0.25, -0.2) is 14.4 Å². The van der Waals surface area contributed by atoms with Crippen LogP contribution in [0, 0.1) is 19.7 Å². The van der Waals surface area contributed by atoms with Gasteiger partial charge in [0.2, 0.25) is 5.95 Å². The predicted octanol–water partition coefficient (Wildman–Crippen LogP) is 4.83. The molecule has 34 heavy (non-hydrogen) atoms. The number of aryl methyl sites for hydroxylation is 2. The van der Waals surface area contributed by atoms with Crippen molar-refractivity contribution in [3.8, 4) is 11.3 Å². The van der Waals surface area contributed by atoms with Crippen molar-refractivity contribution in [2.75, 3.05) is 11.9 Å². The first-order chi connectivity index (χ1) is 16.4. The quantitative estimate of drug-likeness (QED) is 0.394. The first-order valence-corrected chi connectivity index (χ1v) is 11.0. The summed E-state index contributed by atoms with van der Waals surface area (Å²) in [6, 6.07) is 10.7. The minimum Gasteiger partial charge on any atom is -0.396 e. The summed E-state index contributed by atoms with van der Waals surface area (Å²) in [5.74, 6) is -0.183. The summed E-state index contributed by atoms with van der Waals surface area (Å²) in [4.78, 5) is 26.1. The molecule has 7 nitrogen and oxygen atoms in total. The molecule has 0 spiro atoms. The van der Waals surface area contributed by atoms with E-state index in [2.05, 4.69) is 20.3 Å². The number of nitrogens with one attached hydrogen (secondary N) is 1. The molecule has 1 atom stereocenters. The Hall–Kier alpha value is -3.62. The monoisotopic (exact) mass is 479 g/mol. The third-order valence-electron chi connectivity index (χ3n) is 5.45. The zero-order valence-electron chi connectivity index (χ0n) is 18.7. The minimum atomic E-state index is -0.576. The van der Waals surface area contributed by atoms with Gasteiger partial charge in [0.05, 0.1) is 16.8 Å². The van der Waals surface area contributed by atoms with Crippen LogP contribution in [-0.4, -0.2) is 31.2 Å². The second-order valence-electron chi connectivity index (χ2n) is 7.89. The van der Waals surface area contributed by atoms with Crippen molar-refractivity contribution in [2.24, 2.45) is 0 Å². The summed E-state index contributed by atoms with van der Waals surface area (Å²) < 4.78 is 15.5. The van der Waals surface area contributed by atoms with Gasteiger partial charge in [0, 0.05) is 48.2 Å². The highest BCUT2D eigenvalue weighted by molar-refractivity contribution is 6.30. The van der Waals surface area contributed by atoms with Gasteiger partial charge in [0.15, 0.2) is 0 Å². The van der Waals surface area contributed by atoms with Crippen LogP contribution in [0.4, 0.5) is 16.0 Å². The normalized spacial score (nSPS) is 11.9. The molecule has 0 unspecified atom stereocenters. The molecule has 174 valence electrons. The molecule has 0 saturated carbocycles. The van der Waals surface area contributed by atoms with E-state index in [4.69, 9.17) is 11.6 Å². The van der Waals surface area contributed by atoms with Crippen LogP contribution in [0.1, 0.15) is 29.3 Å². The third-order valence-corrected chi connectivity index (χ3v) is 5.76. The molecule has 4 rings (SSSR count). The standard InChI is InChI=1S/C25H23ClFN5O2/c1-15-14-29-16(2)11-22(15)31-25-28-8-5-21(30-25)17-6-9-32(24(34)13-17)23(7-10-33)18-3-4-19(26)20(27)12-18/h3-6,8-9,11-14,23,33H,7,10H2,1-2H3,(H,28,29,30,31)/t23-/m1/s1. The minimum absolute atomic E-state index is 0.000474. The Morgan fingerprint density at radius 1 is 1.15 bits per heavy atom. The highest BCUT2D eigenvalue weighted by Crippen LogP contribution is 2.26. The number of benzene rings is 1. The van der Waals surface area contributed by atoms with E-state index in [1.807, 2.05) is 19.9 Å². The van der Waals surface area contributed by atoms with Crippen LogP contribution in [0.15, 0.2) is 65.8 Å². The van der Waals surface area contributed by atoms with E-state index in [9.17, 15) is 14.3 Å². The van der Waals surface area contributed by atoms with E-state index < -0.39 is 11.9 Å². The molecular weight excluding hydrogens is 457 g/mol. The molecule has 0 amide bonds. The summed E-state index contributed by atoms with van der Waals surface area (Å²) in [6.45, 7) is 3.67. The molecule has 3 aromatic heterocycles. The molecule has 4 aromatic rings. The molecule has 0 aliphatic rings. The molecule has 0 fully saturated rings. The largest absolute Gasteiger partial charge is 0.396 e. The van der Waals surface area contributed by atoms with Crippen LogP contribution in [0.3, 0.4) is 0 Å². The number of aliphatic hydroxyl groups excluding tert-OH is 1. The average Bonchev–Trinajstić information content (AvgIpc) is 2.82. The summed E-state index contributed by atoms with van der Waals surface area (Å²) >= 11 is 5.80. The summed E-state index contributed by atoms with van der Waals surface area (Å²) in [6.07, 6.45) is 5.25. The summed E-state index contributed by atoms with van der Waals surface area (Å²) in [7, 11) is 0. The highest BCUT2D eigenvalue weighted by Gasteiger charge is 2.17. The van der Waals surface area contributed by atoms with Crippen molar-refractivity contribution < 1.29 is 9.50 Å². The van der Waals surface area contributed by atoms with Crippen LogP contribution >= 0.6 is 11.6 Å². The van der Waals surface area contributed by atoms with Crippen molar-refractivity contribution in [3.05, 3.63) is 99.1 Å². The van der Waals surface area contributed by atoms with Crippen LogP contribution in [0.25, 0.3) is 11.3 Å². The van der Waals surface area contributed by atoms with E-state index in [-0.39, 0.29) is 23.6 Å². The van der Waals surface area contributed by atoms with E-state index in [0.29, 0.717) is 22.8 Å². The van der Waals surface area contributed by atoms with Crippen LogP contribution in [0.2, 0.25) is 5.02 Å². The van der Waals surface area contributed by atoms with Gasteiger partial charge in [0.1, 0.15) is 5.82 Å². The van der Waals surface area contributed by atoms with E-state index in [0.717, 1.165) is 16.9 Å². The Balaban J connectivity index is 1.65. The number of aromatic nitrogens is 4. The summed E-state index contributed by atoms with van der Waals surface area (Å²) in [5, 5.41) is 12.7. The van der Waals surface area contributed by atoms with Gasteiger partial charge in [0.25, 0.3) is 5.56 Å². The van der Waals surface area contributed by atoms with E-state index in [1.165, 1.54) is 22.8 Å². The Morgan fingerprint density at radius 3 is 2.71 bits per heavy atom. The lowest BCUT2D eigenvalue weighted by molar-refractivity contribution is 0.266. The Bertz CT molecular complexity index is 1390. The van der Waals surface area contributed by atoms with E-state index >= 15 is 0 Å². The molecular formula is C25H23ClFN5O2. The van der Waals surface area contributed by atoms with Crippen molar-refractivity contribution in [2.45, 2.75) is 26.3 Å². The Kier molecular flexibility index (Phi) is 7.00. The number of aliphatic hydroxyl groups is 1. The van der Waals surface area contributed by atoms with Crippen molar-refractivity contribution in [1.82, 2.24) is 19.5 Å². The van der Waals surface area contributed by atoms with Gasteiger partial charge in [-0.1, -0.05) is 17.7 Å². The number of halogens is 2. The number of pyridine rings is 2. The zero-order valence-corrected chi connectivity index (χ0v) is 19.4. The second kappa shape index (κ2) is 10.1. The smallest absolute Gasteiger partial charge is 0.251 e. The topological polar surface area (TPSA) is 92.9 Å². The number of nitrogens with zero attached hydrogens (tertiary/aromatic N) is 4. The van der Waals surface area contributed by atoms with Crippen LogP contribution < -0.4 is 10.9 Å². The Labute approximate surface area is 200 Å². The van der Waals surface area contributed by atoms with Gasteiger partial charge in [-0.05, 0) is 61.7 Å². The number of hydrogen-bond donors (Lipinski definition) is 2. The van der Waals surface area contributed by atoms with Gasteiger partial charge in [-0.15, -0.1) is 0 Å². The van der Waals surface area contributed by atoms with Crippen LogP contribution in [0.5, 0.6) is 0 Å². The fourth-order valence-electron chi connectivity index (χ4n) is 3.68. The predicted molar refractivity (Wildman–Crippen MR) is 130 cm³/mol. The van der Waals surface area contributed by atoms with Gasteiger partial charge < -0.3 is 15.0 Å². The summed E-state index contributed by atoms with van der Waals surface area (Å²) in [5.41, 5.74) is 4.09. The lowest BCUT2D eigenvalue weighted by Gasteiger charge is -2.20. The number of rotatable bonds is 7. The fraction of sp³-hybridized carbons (Fsp3) is 0.200. The molecule has 0 radical (unpaired) electrons. The average molecular weight is 480 g/mol. The molecule has 1 aromatic carbocycles. The SMILES string of the molecule is Cc1cc(Nc2nccc(-c3ccn([C@H](CCO)c4ccc(Cl)c(F)c4)c(=O)c3)n2)c(C)cn1. The highest BCUT2D eigenvalue weighted by atomic mass is 35.5. The molecule has 3 heterocycles. The molecule has 0 aliphatic heterocycles. The van der Waals surface area contributed by atoms with Crippen molar-refractivity contribution in [1.29, 1.82) is 0 Å². The lowest BCUT2D eigenvalue weighted by atomic mass is 10.0. The molecule has 0 saturated heterocycles. The van der Waals surface area contributed by atoms with Gasteiger partial charge in [-0.2, -0.15) is 0 Å². The molecule has 0 aliphatic carbocycles. The maximum absolute atomic E-state index is 14.0. The van der Waals surface area contributed by atoms with Crippen molar-refractivity contribution in [3.63, 3.8) is 0 Å². The first-order valence-electron chi connectivity index (χ1n) is 10.7. The van der Waals surface area contributed by atoms with Gasteiger partial charge in [-0.3, -0.25) is 9.78 Å². The fourth-order valence-corrected chi connectivity index (χ4v) is 3.80. The lowest BCUT2D eigenvalue weighted by Crippen LogP contribution is -2.25. The Morgan fingerprint density at radius 2 is 1.97 bits per heavy atom. The maximum Gasteiger partial charge on any atom is 0.251 e. The molecule has 9 heteroatoms. The van der Waals surface area contributed by atoms with Crippen molar-refractivity contribution >= 4 is 23.2 Å². The number of anilines is 2.